The van der Waals surface area contributed by atoms with E-state index >= 15 is 0 Å². The Balaban J connectivity index is 3.13. The summed E-state index contributed by atoms with van der Waals surface area (Å²) in [5.74, 6) is 0.672. The fraction of sp³-hybridized carbons (Fsp3) is 0.333. The number of hydrogen-bond acceptors (Lipinski definition) is 3. The van der Waals surface area contributed by atoms with E-state index in [-0.39, 0.29) is 0 Å². The molecule has 1 aromatic rings. The van der Waals surface area contributed by atoms with Crippen LogP contribution in [0.1, 0.15) is 35.7 Å². The van der Waals surface area contributed by atoms with Crippen molar-refractivity contribution in [3.63, 3.8) is 0 Å². The number of hydrogen-bond donors (Lipinski definition) is 1. The van der Waals surface area contributed by atoms with E-state index in [4.69, 9.17) is 5.73 Å². The Hall–Kier alpha value is -1.38. The lowest BCUT2D eigenvalue weighted by Gasteiger charge is -2.05. The molecule has 0 aliphatic rings. The Bertz CT molecular complexity index is 295. The summed E-state index contributed by atoms with van der Waals surface area (Å²) < 4.78 is 0. The first-order valence-electron chi connectivity index (χ1n) is 3.85. The number of aromatic nitrogens is 1. The van der Waals surface area contributed by atoms with Crippen molar-refractivity contribution < 1.29 is 4.79 Å². The van der Waals surface area contributed by atoms with Gasteiger partial charge in [-0.25, -0.2) is 4.98 Å². The van der Waals surface area contributed by atoms with Gasteiger partial charge in [0.15, 0.2) is 6.29 Å². The largest absolute Gasteiger partial charge is 0.383 e. The molecule has 12 heavy (non-hydrogen) atoms. The monoisotopic (exact) mass is 164 g/mol. The molecule has 0 aromatic carbocycles. The number of nitrogen functional groups attached to an aromatic ring is 1. The van der Waals surface area contributed by atoms with Gasteiger partial charge < -0.3 is 5.73 Å². The number of aldehydes is 1. The van der Waals surface area contributed by atoms with Crippen LogP contribution in [0.25, 0.3) is 0 Å². The smallest absolute Gasteiger partial charge is 0.153 e. The van der Waals surface area contributed by atoms with Crippen LogP contribution in [0, 0.1) is 0 Å². The van der Waals surface area contributed by atoms with Gasteiger partial charge in [-0.2, -0.15) is 0 Å². The van der Waals surface area contributed by atoms with Crippen LogP contribution in [-0.4, -0.2) is 11.3 Å². The number of pyridine rings is 1. The summed E-state index contributed by atoms with van der Waals surface area (Å²) in [5, 5.41) is 0. The number of carbonyl (C=O) groups excluding carboxylic acids is 1. The quantitative estimate of drug-likeness (QED) is 0.675. The minimum Gasteiger partial charge on any atom is -0.383 e. The van der Waals surface area contributed by atoms with E-state index in [0.29, 0.717) is 17.3 Å². The van der Waals surface area contributed by atoms with Gasteiger partial charge in [-0.3, -0.25) is 4.79 Å². The SMILES string of the molecule is CC(C)c1cnc(N)c(C=O)c1. The number of anilines is 1. The second-order valence-corrected chi connectivity index (χ2v) is 3.02. The maximum absolute atomic E-state index is 10.5. The highest BCUT2D eigenvalue weighted by molar-refractivity contribution is 5.81. The normalized spacial score (nSPS) is 10.2. The Morgan fingerprint density at radius 2 is 2.25 bits per heavy atom. The Morgan fingerprint density at radius 1 is 1.58 bits per heavy atom. The van der Waals surface area contributed by atoms with Crippen LogP contribution >= 0.6 is 0 Å². The van der Waals surface area contributed by atoms with Gasteiger partial charge in [0.1, 0.15) is 5.82 Å². The third-order valence-corrected chi connectivity index (χ3v) is 1.76. The van der Waals surface area contributed by atoms with Gasteiger partial charge in [-0.15, -0.1) is 0 Å². The number of nitrogens with zero attached hydrogens (tertiary/aromatic N) is 1. The highest BCUT2D eigenvalue weighted by Crippen LogP contribution is 2.16. The molecule has 0 aliphatic heterocycles. The molecule has 1 rings (SSSR count). The van der Waals surface area contributed by atoms with Crippen molar-refractivity contribution >= 4 is 12.1 Å². The Kier molecular flexibility index (Phi) is 2.43. The fourth-order valence-corrected chi connectivity index (χ4v) is 0.920. The number of carbonyl (C=O) groups is 1. The summed E-state index contributed by atoms with van der Waals surface area (Å²) in [4.78, 5) is 14.4. The molecule has 64 valence electrons. The second kappa shape index (κ2) is 3.34. The molecule has 0 atom stereocenters. The van der Waals surface area contributed by atoms with Crippen molar-refractivity contribution in [2.75, 3.05) is 5.73 Å². The first kappa shape index (κ1) is 8.71. The van der Waals surface area contributed by atoms with Crippen molar-refractivity contribution in [2.24, 2.45) is 0 Å². The van der Waals surface area contributed by atoms with Gasteiger partial charge in [0.2, 0.25) is 0 Å². The lowest BCUT2D eigenvalue weighted by atomic mass is 10.0. The van der Waals surface area contributed by atoms with Crippen LogP contribution in [0.5, 0.6) is 0 Å². The van der Waals surface area contributed by atoms with Gasteiger partial charge in [0.25, 0.3) is 0 Å². The summed E-state index contributed by atoms with van der Waals surface area (Å²) >= 11 is 0. The van der Waals surface area contributed by atoms with Crippen LogP contribution in [0.3, 0.4) is 0 Å². The van der Waals surface area contributed by atoms with Crippen LogP contribution in [-0.2, 0) is 0 Å². The summed E-state index contributed by atoms with van der Waals surface area (Å²) in [5.41, 5.74) is 6.96. The number of rotatable bonds is 2. The van der Waals surface area contributed by atoms with E-state index in [9.17, 15) is 4.79 Å². The Morgan fingerprint density at radius 3 is 2.75 bits per heavy atom. The van der Waals surface area contributed by atoms with E-state index < -0.39 is 0 Å². The van der Waals surface area contributed by atoms with Crippen molar-refractivity contribution in [1.29, 1.82) is 0 Å². The molecule has 0 unspecified atom stereocenters. The molecule has 1 aromatic heterocycles. The lowest BCUT2D eigenvalue weighted by Crippen LogP contribution is -1.99. The van der Waals surface area contributed by atoms with Gasteiger partial charge >= 0.3 is 0 Å². The molecular formula is C9H12N2O. The van der Waals surface area contributed by atoms with E-state index in [2.05, 4.69) is 4.98 Å². The highest BCUT2D eigenvalue weighted by Gasteiger charge is 2.03. The van der Waals surface area contributed by atoms with Crippen LogP contribution in [0.2, 0.25) is 0 Å². The van der Waals surface area contributed by atoms with E-state index in [1.54, 1.807) is 12.3 Å². The zero-order valence-corrected chi connectivity index (χ0v) is 7.24. The molecule has 1 heterocycles. The van der Waals surface area contributed by atoms with Crippen molar-refractivity contribution in [2.45, 2.75) is 19.8 Å². The first-order chi connectivity index (χ1) is 5.65. The van der Waals surface area contributed by atoms with Crippen molar-refractivity contribution in [1.82, 2.24) is 4.98 Å². The van der Waals surface area contributed by atoms with Crippen molar-refractivity contribution in [3.8, 4) is 0 Å². The summed E-state index contributed by atoms with van der Waals surface area (Å²) in [7, 11) is 0. The first-order valence-corrected chi connectivity index (χ1v) is 3.85. The maximum atomic E-state index is 10.5. The summed E-state index contributed by atoms with van der Waals surface area (Å²) in [6.07, 6.45) is 2.43. The number of nitrogens with two attached hydrogens (primary N) is 1. The minimum atomic E-state index is 0.300. The second-order valence-electron chi connectivity index (χ2n) is 3.02. The molecule has 0 saturated heterocycles. The lowest BCUT2D eigenvalue weighted by molar-refractivity contribution is 0.112. The van der Waals surface area contributed by atoms with Gasteiger partial charge in [-0.1, -0.05) is 13.8 Å². The Labute approximate surface area is 71.6 Å². The van der Waals surface area contributed by atoms with E-state index in [0.717, 1.165) is 11.8 Å². The molecule has 0 fully saturated rings. The maximum Gasteiger partial charge on any atom is 0.153 e. The van der Waals surface area contributed by atoms with Crippen molar-refractivity contribution in [3.05, 3.63) is 23.4 Å². The van der Waals surface area contributed by atoms with Gasteiger partial charge in [0, 0.05) is 6.20 Å². The topological polar surface area (TPSA) is 56.0 Å². The summed E-state index contributed by atoms with van der Waals surface area (Å²) in [6, 6.07) is 1.78. The third-order valence-electron chi connectivity index (χ3n) is 1.76. The zero-order valence-electron chi connectivity index (χ0n) is 7.24. The van der Waals surface area contributed by atoms with Crippen LogP contribution < -0.4 is 5.73 Å². The van der Waals surface area contributed by atoms with Gasteiger partial charge in [-0.05, 0) is 17.5 Å². The molecule has 0 bridgehead atoms. The van der Waals surface area contributed by atoms with Gasteiger partial charge in [0.05, 0.1) is 5.56 Å². The molecule has 0 radical (unpaired) electrons. The average molecular weight is 164 g/mol. The highest BCUT2D eigenvalue weighted by atomic mass is 16.1. The van der Waals surface area contributed by atoms with E-state index in [1.807, 2.05) is 13.8 Å². The molecule has 3 heteroatoms. The fourth-order valence-electron chi connectivity index (χ4n) is 0.920. The standard InChI is InChI=1S/C9H12N2O/c1-6(2)7-3-8(5-12)9(10)11-4-7/h3-6H,1-2H3,(H2,10,11). The molecule has 0 spiro atoms. The summed E-state index contributed by atoms with van der Waals surface area (Å²) in [6.45, 7) is 4.09. The molecule has 0 amide bonds. The third kappa shape index (κ3) is 1.61. The predicted molar refractivity (Wildman–Crippen MR) is 48.1 cm³/mol. The van der Waals surface area contributed by atoms with E-state index in [1.165, 1.54) is 0 Å². The average Bonchev–Trinajstić information content (AvgIpc) is 2.05. The molecule has 3 nitrogen and oxygen atoms in total. The van der Waals surface area contributed by atoms with Crippen LogP contribution in [0.15, 0.2) is 12.3 Å². The zero-order chi connectivity index (χ0) is 9.14. The molecule has 0 saturated carbocycles. The van der Waals surface area contributed by atoms with Crippen LogP contribution in [0.4, 0.5) is 5.82 Å². The molecular weight excluding hydrogens is 152 g/mol. The minimum absolute atomic E-state index is 0.300. The predicted octanol–water partition coefficient (Wildman–Crippen LogP) is 1.60. The molecule has 0 aliphatic carbocycles. The molecule has 2 N–H and O–H groups in total.